The maximum absolute atomic E-state index is 5.78. The van der Waals surface area contributed by atoms with E-state index >= 15 is 0 Å². The molecule has 0 aromatic heterocycles. The second-order valence-corrected chi connectivity index (χ2v) is 5.12. The number of aryl methyl sites for hydroxylation is 1. The molecule has 0 saturated carbocycles. The first-order valence-corrected chi connectivity index (χ1v) is 6.97. The molecule has 0 spiro atoms. The molecule has 18 heavy (non-hydrogen) atoms. The second-order valence-electron chi connectivity index (χ2n) is 5.12. The van der Waals surface area contributed by atoms with Gasteiger partial charge >= 0.3 is 0 Å². The van der Waals surface area contributed by atoms with Crippen LogP contribution in [0.25, 0.3) is 0 Å². The minimum absolute atomic E-state index is 0.792. The van der Waals surface area contributed by atoms with Gasteiger partial charge < -0.3 is 15.4 Å². The highest BCUT2D eigenvalue weighted by Crippen LogP contribution is 2.18. The number of anilines is 1. The summed E-state index contributed by atoms with van der Waals surface area (Å²) in [6.45, 7) is 6.49. The lowest BCUT2D eigenvalue weighted by Gasteiger charge is -2.26. The largest absolute Gasteiger partial charge is 0.494 e. The van der Waals surface area contributed by atoms with Crippen molar-refractivity contribution in [2.75, 3.05) is 32.0 Å². The Labute approximate surface area is 110 Å². The lowest BCUT2D eigenvalue weighted by molar-refractivity contribution is 0.205. The minimum atomic E-state index is 0.792. The summed E-state index contributed by atoms with van der Waals surface area (Å²) in [6, 6.07) is 5.87. The van der Waals surface area contributed by atoms with Gasteiger partial charge in [0.2, 0.25) is 0 Å². The van der Waals surface area contributed by atoms with Gasteiger partial charge in [0.05, 0.1) is 6.61 Å². The van der Waals surface area contributed by atoms with Crippen LogP contribution in [0.4, 0.5) is 5.69 Å². The first kappa shape index (κ1) is 13.2. The van der Waals surface area contributed by atoms with Crippen molar-refractivity contribution < 1.29 is 4.74 Å². The van der Waals surface area contributed by atoms with E-state index in [9.17, 15) is 0 Å². The van der Waals surface area contributed by atoms with Gasteiger partial charge in [0, 0.05) is 12.2 Å². The maximum atomic E-state index is 5.78. The third kappa shape index (κ3) is 3.91. The lowest BCUT2D eigenvalue weighted by atomic mass is 10.1. The normalized spacial score (nSPS) is 16.7. The van der Waals surface area contributed by atoms with Gasteiger partial charge in [-0.3, -0.25) is 0 Å². The number of benzene rings is 1. The van der Waals surface area contributed by atoms with Crippen LogP contribution in [-0.4, -0.2) is 31.1 Å². The molecule has 100 valence electrons. The Hall–Kier alpha value is -1.22. The van der Waals surface area contributed by atoms with Gasteiger partial charge in [0.15, 0.2) is 0 Å². The standard InChI is InChI=1S/C15H24N2O/c1-13-12-14(6-7-15(13)16)18-11-5-10-17-8-3-2-4-9-17/h6-7,12H,2-5,8-11,16H2,1H3. The molecular formula is C15H24N2O. The van der Waals surface area contributed by atoms with Crippen LogP contribution in [0.3, 0.4) is 0 Å². The summed E-state index contributed by atoms with van der Waals surface area (Å²) in [4.78, 5) is 2.54. The van der Waals surface area contributed by atoms with Gasteiger partial charge in [-0.05, 0) is 63.0 Å². The van der Waals surface area contributed by atoms with Crippen molar-refractivity contribution in [2.24, 2.45) is 0 Å². The fourth-order valence-corrected chi connectivity index (χ4v) is 2.40. The third-order valence-corrected chi connectivity index (χ3v) is 3.58. The fraction of sp³-hybridized carbons (Fsp3) is 0.600. The van der Waals surface area contributed by atoms with Crippen LogP contribution >= 0.6 is 0 Å². The molecule has 0 bridgehead atoms. The van der Waals surface area contributed by atoms with E-state index in [2.05, 4.69) is 4.90 Å². The number of rotatable bonds is 5. The Morgan fingerprint density at radius 2 is 2.00 bits per heavy atom. The van der Waals surface area contributed by atoms with Gasteiger partial charge in [0.1, 0.15) is 5.75 Å². The highest BCUT2D eigenvalue weighted by atomic mass is 16.5. The molecule has 0 atom stereocenters. The minimum Gasteiger partial charge on any atom is -0.494 e. The third-order valence-electron chi connectivity index (χ3n) is 3.58. The van der Waals surface area contributed by atoms with E-state index in [-0.39, 0.29) is 0 Å². The van der Waals surface area contributed by atoms with Crippen molar-refractivity contribution in [2.45, 2.75) is 32.6 Å². The molecule has 1 aliphatic rings. The van der Waals surface area contributed by atoms with E-state index in [4.69, 9.17) is 10.5 Å². The highest BCUT2D eigenvalue weighted by Gasteiger charge is 2.09. The molecule has 2 N–H and O–H groups in total. The zero-order chi connectivity index (χ0) is 12.8. The van der Waals surface area contributed by atoms with Gasteiger partial charge in [-0.2, -0.15) is 0 Å². The van der Waals surface area contributed by atoms with Crippen LogP contribution in [0, 0.1) is 6.92 Å². The topological polar surface area (TPSA) is 38.5 Å². The molecule has 0 unspecified atom stereocenters. The summed E-state index contributed by atoms with van der Waals surface area (Å²) >= 11 is 0. The predicted octanol–water partition coefficient (Wildman–Crippen LogP) is 2.83. The van der Waals surface area contributed by atoms with Crippen LogP contribution in [0.1, 0.15) is 31.2 Å². The number of nitrogens with two attached hydrogens (primary N) is 1. The molecule has 1 saturated heterocycles. The maximum Gasteiger partial charge on any atom is 0.119 e. The number of ether oxygens (including phenoxy) is 1. The first-order valence-electron chi connectivity index (χ1n) is 6.97. The Bertz CT molecular complexity index is 373. The average Bonchev–Trinajstić information content (AvgIpc) is 2.40. The smallest absolute Gasteiger partial charge is 0.119 e. The van der Waals surface area contributed by atoms with E-state index in [0.29, 0.717) is 0 Å². The Balaban J connectivity index is 1.66. The van der Waals surface area contributed by atoms with Crippen molar-refractivity contribution in [1.29, 1.82) is 0 Å². The second kappa shape index (κ2) is 6.64. The Kier molecular flexibility index (Phi) is 4.88. The monoisotopic (exact) mass is 248 g/mol. The molecule has 0 radical (unpaired) electrons. The molecule has 3 nitrogen and oxygen atoms in total. The Morgan fingerprint density at radius 1 is 1.22 bits per heavy atom. The van der Waals surface area contributed by atoms with Crippen molar-refractivity contribution in [3.8, 4) is 5.75 Å². The van der Waals surface area contributed by atoms with E-state index in [1.807, 2.05) is 25.1 Å². The number of nitrogen functional groups attached to an aromatic ring is 1. The van der Waals surface area contributed by atoms with E-state index < -0.39 is 0 Å². The molecule has 1 fully saturated rings. The van der Waals surface area contributed by atoms with Crippen molar-refractivity contribution in [3.63, 3.8) is 0 Å². The van der Waals surface area contributed by atoms with Crippen molar-refractivity contribution >= 4 is 5.69 Å². The molecule has 1 aromatic rings. The van der Waals surface area contributed by atoms with Crippen LogP contribution < -0.4 is 10.5 Å². The number of piperidine rings is 1. The SMILES string of the molecule is Cc1cc(OCCCN2CCCCC2)ccc1N. The summed E-state index contributed by atoms with van der Waals surface area (Å²) in [5, 5.41) is 0. The van der Waals surface area contributed by atoms with Gasteiger partial charge in [-0.25, -0.2) is 0 Å². The van der Waals surface area contributed by atoms with Gasteiger partial charge in [-0.15, -0.1) is 0 Å². The molecular weight excluding hydrogens is 224 g/mol. The summed E-state index contributed by atoms with van der Waals surface area (Å²) in [5.41, 5.74) is 7.69. The Morgan fingerprint density at radius 3 is 2.72 bits per heavy atom. The lowest BCUT2D eigenvalue weighted by Crippen LogP contribution is -2.31. The molecule has 3 heteroatoms. The summed E-state index contributed by atoms with van der Waals surface area (Å²) in [6.07, 6.45) is 5.22. The van der Waals surface area contributed by atoms with Crippen LogP contribution in [-0.2, 0) is 0 Å². The van der Waals surface area contributed by atoms with Gasteiger partial charge in [-0.1, -0.05) is 6.42 Å². The van der Waals surface area contributed by atoms with Crippen LogP contribution in [0.2, 0.25) is 0 Å². The number of likely N-dealkylation sites (tertiary alicyclic amines) is 1. The molecule has 0 amide bonds. The summed E-state index contributed by atoms with van der Waals surface area (Å²) < 4.78 is 5.75. The van der Waals surface area contributed by atoms with E-state index in [0.717, 1.165) is 36.6 Å². The van der Waals surface area contributed by atoms with E-state index in [1.54, 1.807) is 0 Å². The van der Waals surface area contributed by atoms with Crippen LogP contribution in [0.15, 0.2) is 18.2 Å². The molecule has 0 aliphatic carbocycles. The molecule has 2 rings (SSSR count). The number of hydrogen-bond acceptors (Lipinski definition) is 3. The quantitative estimate of drug-likeness (QED) is 0.643. The average molecular weight is 248 g/mol. The van der Waals surface area contributed by atoms with Gasteiger partial charge in [0.25, 0.3) is 0 Å². The molecule has 1 aliphatic heterocycles. The number of nitrogens with zero attached hydrogens (tertiary/aromatic N) is 1. The highest BCUT2D eigenvalue weighted by molar-refractivity contribution is 5.49. The first-order chi connectivity index (χ1) is 8.75. The van der Waals surface area contributed by atoms with E-state index in [1.165, 1.54) is 32.4 Å². The zero-order valence-electron chi connectivity index (χ0n) is 11.3. The zero-order valence-corrected chi connectivity index (χ0v) is 11.3. The van der Waals surface area contributed by atoms with Crippen molar-refractivity contribution in [1.82, 2.24) is 4.90 Å². The molecule has 1 aromatic carbocycles. The summed E-state index contributed by atoms with van der Waals surface area (Å²) in [7, 11) is 0. The fourth-order valence-electron chi connectivity index (χ4n) is 2.40. The van der Waals surface area contributed by atoms with Crippen molar-refractivity contribution in [3.05, 3.63) is 23.8 Å². The summed E-state index contributed by atoms with van der Waals surface area (Å²) in [5.74, 6) is 0.931. The predicted molar refractivity (Wildman–Crippen MR) is 76.0 cm³/mol. The number of hydrogen-bond donors (Lipinski definition) is 1. The van der Waals surface area contributed by atoms with Crippen LogP contribution in [0.5, 0.6) is 5.75 Å². The molecule has 1 heterocycles.